The lowest BCUT2D eigenvalue weighted by Gasteiger charge is -2.27. The molecule has 0 radical (unpaired) electrons. The molecule has 0 unspecified atom stereocenters. The highest BCUT2D eigenvalue weighted by atomic mass is 16.5. The van der Waals surface area contributed by atoms with Crippen LogP contribution in [0.15, 0.2) is 78.9 Å². The van der Waals surface area contributed by atoms with Crippen LogP contribution < -0.4 is 4.90 Å². The molecule has 4 aromatic rings. The third kappa shape index (κ3) is 4.01. The van der Waals surface area contributed by atoms with Gasteiger partial charge >= 0.3 is 5.97 Å². The highest BCUT2D eigenvalue weighted by Gasteiger charge is 2.43. The predicted molar refractivity (Wildman–Crippen MR) is 136 cm³/mol. The van der Waals surface area contributed by atoms with E-state index in [1.54, 1.807) is 36.1 Å². The molecule has 2 heterocycles. The maximum Gasteiger partial charge on any atom is 0.338 e. The van der Waals surface area contributed by atoms with Crippen LogP contribution in [0.1, 0.15) is 70.3 Å². The van der Waals surface area contributed by atoms with Gasteiger partial charge in [0, 0.05) is 16.8 Å². The lowest BCUT2D eigenvalue weighted by atomic mass is 9.93. The van der Waals surface area contributed by atoms with Crippen molar-refractivity contribution in [2.45, 2.75) is 32.7 Å². The Kier molecular flexibility index (Phi) is 5.95. The Hall–Kier alpha value is -4.19. The molecule has 0 fully saturated rings. The van der Waals surface area contributed by atoms with Gasteiger partial charge in [0.15, 0.2) is 0 Å². The predicted octanol–water partition coefficient (Wildman–Crippen LogP) is 6.13. The van der Waals surface area contributed by atoms with Crippen molar-refractivity contribution < 1.29 is 14.3 Å². The maximum atomic E-state index is 13.7. The summed E-state index contributed by atoms with van der Waals surface area (Å²) in [5, 5.41) is 7.53. The smallest absolute Gasteiger partial charge is 0.338 e. The van der Waals surface area contributed by atoms with Crippen molar-refractivity contribution in [3.8, 4) is 11.3 Å². The molecule has 0 bridgehead atoms. The minimum absolute atomic E-state index is 0.156. The number of carbonyl (C=O) groups is 2. The number of aromatic amines is 1. The molecule has 3 aromatic carbocycles. The van der Waals surface area contributed by atoms with Crippen molar-refractivity contribution >= 4 is 17.6 Å². The molecule has 0 saturated heterocycles. The highest BCUT2D eigenvalue weighted by molar-refractivity contribution is 6.12. The Labute approximate surface area is 204 Å². The van der Waals surface area contributed by atoms with E-state index < -0.39 is 0 Å². The first kappa shape index (κ1) is 22.6. The number of H-pyrrole nitrogens is 1. The van der Waals surface area contributed by atoms with Crippen LogP contribution in [-0.4, -0.2) is 28.7 Å². The van der Waals surface area contributed by atoms with E-state index in [0.717, 1.165) is 22.4 Å². The Balaban J connectivity index is 1.62. The number of esters is 1. The van der Waals surface area contributed by atoms with Gasteiger partial charge in [0.05, 0.1) is 23.9 Å². The van der Waals surface area contributed by atoms with E-state index in [2.05, 4.69) is 48.3 Å². The fourth-order valence-corrected chi connectivity index (χ4v) is 4.58. The summed E-state index contributed by atoms with van der Waals surface area (Å²) < 4.78 is 5.11. The van der Waals surface area contributed by atoms with Crippen LogP contribution in [0.25, 0.3) is 11.3 Å². The van der Waals surface area contributed by atoms with Crippen LogP contribution in [0, 0.1) is 0 Å². The lowest BCUT2D eigenvalue weighted by molar-refractivity contribution is 0.0526. The monoisotopic (exact) mass is 465 g/mol. The third-order valence-electron chi connectivity index (χ3n) is 6.39. The average molecular weight is 466 g/mol. The standard InChI is InChI=1S/C29H27N3O3/c1-4-35-29(34)22-14-16-23(17-15-22)32-27(21-12-10-19(11-13-21)18(2)3)24-25(20-8-6-5-7-9-20)30-31-26(24)28(32)33/h5-18,27H,4H2,1-3H3,(H,30,31)/t27-/m0/s1. The van der Waals surface area contributed by atoms with Crippen LogP contribution in [0.3, 0.4) is 0 Å². The summed E-state index contributed by atoms with van der Waals surface area (Å²) in [7, 11) is 0. The highest BCUT2D eigenvalue weighted by Crippen LogP contribution is 2.45. The summed E-state index contributed by atoms with van der Waals surface area (Å²) in [6.45, 7) is 6.40. The lowest BCUT2D eigenvalue weighted by Crippen LogP contribution is -2.29. The second-order valence-electron chi connectivity index (χ2n) is 8.89. The van der Waals surface area contributed by atoms with Gasteiger partial charge in [-0.15, -0.1) is 0 Å². The van der Waals surface area contributed by atoms with Gasteiger partial charge in [-0.1, -0.05) is 68.4 Å². The topological polar surface area (TPSA) is 75.3 Å². The van der Waals surface area contributed by atoms with Crippen LogP contribution in [-0.2, 0) is 4.74 Å². The third-order valence-corrected chi connectivity index (χ3v) is 6.39. The molecule has 1 amide bonds. The SMILES string of the molecule is CCOC(=O)c1ccc(N2C(=O)c3[nH]nc(-c4ccccc4)c3[C@@H]2c2ccc(C(C)C)cc2)cc1. The molecule has 35 heavy (non-hydrogen) atoms. The van der Waals surface area contributed by atoms with E-state index in [1.807, 2.05) is 30.3 Å². The van der Waals surface area contributed by atoms with E-state index in [9.17, 15) is 9.59 Å². The summed E-state index contributed by atoms with van der Waals surface area (Å²) in [5.41, 5.74) is 6.42. The van der Waals surface area contributed by atoms with Crippen LogP contribution in [0.5, 0.6) is 0 Å². The molecule has 1 atom stereocenters. The van der Waals surface area contributed by atoms with Gasteiger partial charge in [0.25, 0.3) is 5.91 Å². The first-order valence-corrected chi connectivity index (χ1v) is 11.8. The molecule has 6 heteroatoms. The number of rotatable bonds is 6. The number of nitrogens with one attached hydrogen (secondary N) is 1. The number of carbonyl (C=O) groups excluding carboxylic acids is 2. The number of ether oxygens (including phenoxy) is 1. The molecule has 1 aliphatic rings. The number of fused-ring (bicyclic) bond motifs is 1. The number of benzene rings is 3. The fourth-order valence-electron chi connectivity index (χ4n) is 4.58. The Bertz CT molecular complexity index is 1360. The fraction of sp³-hybridized carbons (Fsp3) is 0.207. The van der Waals surface area contributed by atoms with Gasteiger partial charge in [-0.05, 0) is 48.2 Å². The van der Waals surface area contributed by atoms with Crippen molar-refractivity contribution in [3.05, 3.63) is 107 Å². The molecule has 176 valence electrons. The van der Waals surface area contributed by atoms with Crippen LogP contribution >= 0.6 is 0 Å². The van der Waals surface area contributed by atoms with Gasteiger partial charge in [-0.2, -0.15) is 5.10 Å². The van der Waals surface area contributed by atoms with Gasteiger partial charge in [0.1, 0.15) is 5.69 Å². The molecule has 0 spiro atoms. The Morgan fingerprint density at radius 1 is 1.00 bits per heavy atom. The van der Waals surface area contributed by atoms with E-state index in [-0.39, 0.29) is 17.9 Å². The molecule has 5 rings (SSSR count). The number of amides is 1. The van der Waals surface area contributed by atoms with Crippen molar-refractivity contribution in [2.75, 3.05) is 11.5 Å². The zero-order valence-electron chi connectivity index (χ0n) is 20.0. The molecule has 1 aromatic heterocycles. The summed E-state index contributed by atoms with van der Waals surface area (Å²) >= 11 is 0. The minimum Gasteiger partial charge on any atom is -0.462 e. The summed E-state index contributed by atoms with van der Waals surface area (Å²) in [5.74, 6) is -0.130. The summed E-state index contributed by atoms with van der Waals surface area (Å²) in [6.07, 6.45) is 0. The second kappa shape index (κ2) is 9.22. The van der Waals surface area contributed by atoms with E-state index in [4.69, 9.17) is 4.74 Å². The van der Waals surface area contributed by atoms with Crippen LogP contribution in [0.4, 0.5) is 5.69 Å². The largest absolute Gasteiger partial charge is 0.462 e. The first-order valence-electron chi connectivity index (χ1n) is 11.8. The average Bonchev–Trinajstić information content (AvgIpc) is 3.44. The van der Waals surface area contributed by atoms with Gasteiger partial charge < -0.3 is 4.74 Å². The van der Waals surface area contributed by atoms with E-state index >= 15 is 0 Å². The Morgan fingerprint density at radius 2 is 1.69 bits per heavy atom. The van der Waals surface area contributed by atoms with Crippen molar-refractivity contribution in [3.63, 3.8) is 0 Å². The summed E-state index contributed by atoms with van der Waals surface area (Å²) in [6, 6.07) is 24.9. The number of hydrogen-bond donors (Lipinski definition) is 1. The summed E-state index contributed by atoms with van der Waals surface area (Å²) in [4.78, 5) is 27.6. The number of anilines is 1. The molecular formula is C29H27N3O3. The molecular weight excluding hydrogens is 438 g/mol. The molecule has 0 saturated carbocycles. The molecule has 1 N–H and O–H groups in total. The minimum atomic E-state index is -0.381. The van der Waals surface area contributed by atoms with Gasteiger partial charge in [-0.3, -0.25) is 14.8 Å². The zero-order valence-corrected chi connectivity index (χ0v) is 20.0. The Morgan fingerprint density at radius 3 is 2.31 bits per heavy atom. The van der Waals surface area contributed by atoms with E-state index in [1.165, 1.54) is 5.56 Å². The first-order chi connectivity index (χ1) is 17.0. The number of aromatic nitrogens is 2. The zero-order chi connectivity index (χ0) is 24.5. The number of hydrogen-bond acceptors (Lipinski definition) is 4. The number of nitrogens with zero attached hydrogens (tertiary/aromatic N) is 2. The molecule has 0 aliphatic carbocycles. The quantitative estimate of drug-likeness (QED) is 0.348. The van der Waals surface area contributed by atoms with Crippen molar-refractivity contribution in [1.82, 2.24) is 10.2 Å². The van der Waals surface area contributed by atoms with Gasteiger partial charge in [-0.25, -0.2) is 4.79 Å². The van der Waals surface area contributed by atoms with E-state index in [0.29, 0.717) is 29.5 Å². The normalized spacial score (nSPS) is 14.9. The second-order valence-corrected chi connectivity index (χ2v) is 8.89. The molecule has 1 aliphatic heterocycles. The molecule has 6 nitrogen and oxygen atoms in total. The van der Waals surface area contributed by atoms with Crippen molar-refractivity contribution in [2.24, 2.45) is 0 Å². The maximum absolute atomic E-state index is 13.7. The van der Waals surface area contributed by atoms with Crippen LogP contribution in [0.2, 0.25) is 0 Å². The van der Waals surface area contributed by atoms with Gasteiger partial charge in [0.2, 0.25) is 0 Å². The van der Waals surface area contributed by atoms with Crippen molar-refractivity contribution in [1.29, 1.82) is 0 Å².